The minimum Gasteiger partial charge on any atom is -0.126 e. The molecule has 0 amide bonds. The maximum Gasteiger partial charge on any atom is 0.0603 e. The third-order valence-electron chi connectivity index (χ3n) is 1.69. The van der Waals surface area contributed by atoms with Gasteiger partial charge >= 0.3 is 0 Å². The highest BCUT2D eigenvalue weighted by Crippen LogP contribution is 2.28. The molecular weight excluding hydrogens is 259 g/mol. The van der Waals surface area contributed by atoms with Gasteiger partial charge in [-0.2, -0.15) is 0 Å². The van der Waals surface area contributed by atoms with Crippen molar-refractivity contribution in [3.8, 4) is 0 Å². The molecule has 1 atom stereocenters. The molecule has 0 nitrogen and oxygen atoms in total. The standard InChI is InChI=1S/C10H11Cl3S/c1-7(5-11)6-14-8-2-3-9(12)10(13)4-8/h2-4,7H,5-6H2,1H3. The van der Waals surface area contributed by atoms with E-state index in [-0.39, 0.29) is 0 Å². The Balaban J connectivity index is 2.55. The lowest BCUT2D eigenvalue weighted by atomic mass is 10.3. The summed E-state index contributed by atoms with van der Waals surface area (Å²) in [6.07, 6.45) is 0. The van der Waals surface area contributed by atoms with Gasteiger partial charge in [0.1, 0.15) is 0 Å². The summed E-state index contributed by atoms with van der Waals surface area (Å²) >= 11 is 19.2. The zero-order valence-electron chi connectivity index (χ0n) is 7.77. The van der Waals surface area contributed by atoms with Crippen molar-refractivity contribution < 1.29 is 0 Å². The lowest BCUT2D eigenvalue weighted by molar-refractivity contribution is 0.759. The van der Waals surface area contributed by atoms with Gasteiger partial charge in [0.25, 0.3) is 0 Å². The van der Waals surface area contributed by atoms with Crippen LogP contribution in [0.15, 0.2) is 23.1 Å². The summed E-state index contributed by atoms with van der Waals surface area (Å²) in [7, 11) is 0. The molecule has 0 saturated carbocycles. The van der Waals surface area contributed by atoms with E-state index in [2.05, 4.69) is 6.92 Å². The predicted octanol–water partition coefficient (Wildman–Crippen LogP) is 4.96. The number of hydrogen-bond donors (Lipinski definition) is 0. The van der Waals surface area contributed by atoms with Gasteiger partial charge in [-0.05, 0) is 24.1 Å². The van der Waals surface area contributed by atoms with Crippen molar-refractivity contribution in [3.05, 3.63) is 28.2 Å². The number of thioether (sulfide) groups is 1. The molecule has 0 N–H and O–H groups in total. The van der Waals surface area contributed by atoms with Crippen molar-refractivity contribution in [1.29, 1.82) is 0 Å². The van der Waals surface area contributed by atoms with Crippen LogP contribution in [-0.4, -0.2) is 11.6 Å². The summed E-state index contributed by atoms with van der Waals surface area (Å²) in [5.41, 5.74) is 0. The second kappa shape index (κ2) is 6.12. The maximum absolute atomic E-state index is 5.89. The average Bonchev–Trinajstić information content (AvgIpc) is 2.19. The van der Waals surface area contributed by atoms with E-state index in [1.165, 1.54) is 0 Å². The number of halogens is 3. The van der Waals surface area contributed by atoms with Crippen LogP contribution in [0, 0.1) is 5.92 Å². The van der Waals surface area contributed by atoms with Crippen LogP contribution in [-0.2, 0) is 0 Å². The summed E-state index contributed by atoms with van der Waals surface area (Å²) in [6.45, 7) is 2.12. The van der Waals surface area contributed by atoms with E-state index in [1.54, 1.807) is 11.8 Å². The highest BCUT2D eigenvalue weighted by Gasteiger charge is 2.03. The number of alkyl halides is 1. The number of hydrogen-bond acceptors (Lipinski definition) is 1. The molecular formula is C10H11Cl3S. The lowest BCUT2D eigenvalue weighted by Crippen LogP contribution is -1.98. The highest BCUT2D eigenvalue weighted by molar-refractivity contribution is 7.99. The highest BCUT2D eigenvalue weighted by atomic mass is 35.5. The van der Waals surface area contributed by atoms with Gasteiger partial charge < -0.3 is 0 Å². The van der Waals surface area contributed by atoms with Crippen LogP contribution in [0.3, 0.4) is 0 Å². The van der Waals surface area contributed by atoms with Crippen LogP contribution < -0.4 is 0 Å². The molecule has 0 aromatic heterocycles. The zero-order valence-corrected chi connectivity index (χ0v) is 10.9. The van der Waals surface area contributed by atoms with Crippen LogP contribution >= 0.6 is 46.6 Å². The second-order valence-electron chi connectivity index (χ2n) is 3.15. The Kier molecular flexibility index (Phi) is 5.47. The Labute approximate surface area is 104 Å². The van der Waals surface area contributed by atoms with Gasteiger partial charge in [-0.3, -0.25) is 0 Å². The summed E-state index contributed by atoms with van der Waals surface area (Å²) in [5.74, 6) is 2.20. The van der Waals surface area contributed by atoms with Gasteiger partial charge in [0.15, 0.2) is 0 Å². The second-order valence-corrected chi connectivity index (χ2v) is 5.36. The molecule has 1 aromatic rings. The van der Waals surface area contributed by atoms with E-state index in [9.17, 15) is 0 Å². The normalized spacial score (nSPS) is 12.9. The van der Waals surface area contributed by atoms with Crippen molar-refractivity contribution in [1.82, 2.24) is 0 Å². The van der Waals surface area contributed by atoms with Gasteiger partial charge in [0.2, 0.25) is 0 Å². The SMILES string of the molecule is CC(CCl)CSc1ccc(Cl)c(Cl)c1. The molecule has 0 heterocycles. The summed E-state index contributed by atoms with van der Waals surface area (Å²) in [6, 6.07) is 5.67. The van der Waals surface area contributed by atoms with Crippen molar-refractivity contribution in [2.75, 3.05) is 11.6 Å². The first-order valence-electron chi connectivity index (χ1n) is 4.27. The molecule has 0 spiro atoms. The average molecular weight is 270 g/mol. The summed E-state index contributed by atoms with van der Waals surface area (Å²) < 4.78 is 0. The third-order valence-corrected chi connectivity index (χ3v) is 4.28. The van der Waals surface area contributed by atoms with E-state index in [0.29, 0.717) is 21.8 Å². The van der Waals surface area contributed by atoms with E-state index in [0.717, 1.165) is 10.6 Å². The van der Waals surface area contributed by atoms with E-state index in [4.69, 9.17) is 34.8 Å². The molecule has 1 unspecified atom stereocenters. The molecule has 0 radical (unpaired) electrons. The van der Waals surface area contributed by atoms with Crippen LogP contribution in [0.2, 0.25) is 10.0 Å². The molecule has 0 bridgehead atoms. The van der Waals surface area contributed by atoms with Gasteiger partial charge in [-0.15, -0.1) is 23.4 Å². The van der Waals surface area contributed by atoms with E-state index < -0.39 is 0 Å². The van der Waals surface area contributed by atoms with Crippen LogP contribution in [0.4, 0.5) is 0 Å². The Bertz CT molecular complexity index is 301. The quantitative estimate of drug-likeness (QED) is 0.550. The van der Waals surface area contributed by atoms with Crippen LogP contribution in [0.5, 0.6) is 0 Å². The van der Waals surface area contributed by atoms with Gasteiger partial charge in [0.05, 0.1) is 10.0 Å². The molecule has 78 valence electrons. The molecule has 0 fully saturated rings. The first-order valence-corrected chi connectivity index (χ1v) is 6.55. The van der Waals surface area contributed by atoms with E-state index in [1.807, 2.05) is 18.2 Å². The molecule has 0 aliphatic rings. The lowest BCUT2D eigenvalue weighted by Gasteiger charge is -2.07. The van der Waals surface area contributed by atoms with Crippen molar-refractivity contribution in [3.63, 3.8) is 0 Å². The number of rotatable bonds is 4. The molecule has 14 heavy (non-hydrogen) atoms. The van der Waals surface area contributed by atoms with Crippen LogP contribution in [0.25, 0.3) is 0 Å². The van der Waals surface area contributed by atoms with Gasteiger partial charge in [0, 0.05) is 16.5 Å². The molecule has 1 aromatic carbocycles. The minimum atomic E-state index is 0.510. The first-order chi connectivity index (χ1) is 6.63. The van der Waals surface area contributed by atoms with Crippen LogP contribution in [0.1, 0.15) is 6.92 Å². The monoisotopic (exact) mass is 268 g/mol. The Morgan fingerprint density at radius 1 is 1.29 bits per heavy atom. The van der Waals surface area contributed by atoms with Crippen molar-refractivity contribution in [2.24, 2.45) is 5.92 Å². The fraction of sp³-hybridized carbons (Fsp3) is 0.400. The molecule has 0 aliphatic carbocycles. The largest absolute Gasteiger partial charge is 0.126 e. The fourth-order valence-corrected chi connectivity index (χ4v) is 2.41. The Morgan fingerprint density at radius 2 is 2.00 bits per heavy atom. The smallest absolute Gasteiger partial charge is 0.0603 e. The van der Waals surface area contributed by atoms with Crippen molar-refractivity contribution >= 4 is 46.6 Å². The molecule has 1 rings (SSSR count). The van der Waals surface area contributed by atoms with Gasteiger partial charge in [-0.1, -0.05) is 30.1 Å². The Morgan fingerprint density at radius 3 is 2.57 bits per heavy atom. The summed E-state index contributed by atoms with van der Waals surface area (Å²) in [4.78, 5) is 1.14. The van der Waals surface area contributed by atoms with Gasteiger partial charge in [-0.25, -0.2) is 0 Å². The Hall–Kier alpha value is 0.440. The number of benzene rings is 1. The van der Waals surface area contributed by atoms with Crippen molar-refractivity contribution in [2.45, 2.75) is 11.8 Å². The topological polar surface area (TPSA) is 0 Å². The minimum absolute atomic E-state index is 0.510. The third kappa shape index (κ3) is 3.90. The van der Waals surface area contributed by atoms with E-state index >= 15 is 0 Å². The molecule has 4 heteroatoms. The molecule has 0 aliphatic heterocycles. The maximum atomic E-state index is 5.89. The zero-order chi connectivity index (χ0) is 10.6. The first kappa shape index (κ1) is 12.5. The predicted molar refractivity (Wildman–Crippen MR) is 67.1 cm³/mol. The fourth-order valence-electron chi connectivity index (χ4n) is 0.850. The summed E-state index contributed by atoms with van der Waals surface area (Å²) in [5, 5.41) is 1.21. The molecule has 0 saturated heterocycles.